The Labute approximate surface area is 148 Å². The van der Waals surface area contributed by atoms with E-state index in [0.29, 0.717) is 0 Å². The maximum Gasteiger partial charge on any atom is -0.0190 e. The highest BCUT2D eigenvalue weighted by Crippen LogP contribution is 2.17. The molecule has 0 heterocycles. The Morgan fingerprint density at radius 1 is 0.583 bits per heavy atom. The Balaban J connectivity index is 5.86. The van der Waals surface area contributed by atoms with Gasteiger partial charge in [0.15, 0.2) is 0 Å². The molecule has 0 aliphatic rings. The summed E-state index contributed by atoms with van der Waals surface area (Å²) in [5, 5.41) is 0. The molecule has 0 aliphatic heterocycles. The van der Waals surface area contributed by atoms with Gasteiger partial charge in [-0.1, -0.05) is 111 Å². The van der Waals surface area contributed by atoms with Crippen LogP contribution in [-0.2, 0) is 0 Å². The second-order valence-electron chi connectivity index (χ2n) is 4.95. The van der Waals surface area contributed by atoms with Crippen molar-refractivity contribution < 1.29 is 0 Å². The van der Waals surface area contributed by atoms with Gasteiger partial charge < -0.3 is 0 Å². The van der Waals surface area contributed by atoms with E-state index in [9.17, 15) is 0 Å². The minimum atomic E-state index is 0.965. The molecule has 0 atom stereocenters. The molecule has 0 bridgehead atoms. The summed E-state index contributed by atoms with van der Waals surface area (Å²) in [6.45, 7) is 23.3. The van der Waals surface area contributed by atoms with E-state index in [1.807, 2.05) is 49.5 Å². The van der Waals surface area contributed by atoms with Crippen molar-refractivity contribution in [2.75, 3.05) is 0 Å². The zero-order valence-electron chi connectivity index (χ0n) is 15.0. The lowest BCUT2D eigenvalue weighted by Gasteiger charge is -2.04. The zero-order chi connectivity index (χ0) is 18.4. The van der Waals surface area contributed by atoms with Gasteiger partial charge in [-0.15, -0.1) is 0 Å². The molecule has 0 saturated heterocycles. The van der Waals surface area contributed by atoms with Crippen LogP contribution in [0.2, 0.25) is 0 Å². The SMILES string of the molecule is C=C/C=C(C=C)/C(C=C)=C/C=C(C=C)/C(C=C)=C/C=C(C)\C=C/C. The van der Waals surface area contributed by atoms with Gasteiger partial charge in [-0.05, 0) is 36.1 Å². The Bertz CT molecular complexity index is 665. The third-order valence-corrected chi connectivity index (χ3v) is 3.24. The van der Waals surface area contributed by atoms with Crippen LogP contribution in [0.25, 0.3) is 0 Å². The van der Waals surface area contributed by atoms with E-state index >= 15 is 0 Å². The Morgan fingerprint density at radius 2 is 0.958 bits per heavy atom. The molecule has 24 heavy (non-hydrogen) atoms. The van der Waals surface area contributed by atoms with E-state index in [4.69, 9.17) is 0 Å². The zero-order valence-corrected chi connectivity index (χ0v) is 15.0. The van der Waals surface area contributed by atoms with Crippen molar-refractivity contribution >= 4 is 0 Å². The number of allylic oxidation sites excluding steroid dienone is 17. The van der Waals surface area contributed by atoms with Gasteiger partial charge >= 0.3 is 0 Å². The van der Waals surface area contributed by atoms with Crippen LogP contribution in [0.4, 0.5) is 0 Å². The molecule has 0 radical (unpaired) electrons. The average molecular weight is 316 g/mol. The molecule has 0 unspecified atom stereocenters. The summed E-state index contributed by atoms with van der Waals surface area (Å²) in [5.41, 5.74) is 5.09. The van der Waals surface area contributed by atoms with Crippen molar-refractivity contribution in [2.24, 2.45) is 0 Å². The summed E-state index contributed by atoms with van der Waals surface area (Å²) in [4.78, 5) is 0. The molecule has 0 aromatic rings. The van der Waals surface area contributed by atoms with Crippen LogP contribution in [0.3, 0.4) is 0 Å². The third kappa shape index (κ3) is 7.42. The van der Waals surface area contributed by atoms with Crippen molar-refractivity contribution in [2.45, 2.75) is 13.8 Å². The third-order valence-electron chi connectivity index (χ3n) is 3.24. The average Bonchev–Trinajstić information content (AvgIpc) is 2.59. The Morgan fingerprint density at radius 3 is 1.29 bits per heavy atom. The molecule has 124 valence electrons. The lowest BCUT2D eigenvalue weighted by Crippen LogP contribution is -1.85. The molecular weight excluding hydrogens is 288 g/mol. The second-order valence-corrected chi connectivity index (χ2v) is 4.95. The first-order valence-electron chi connectivity index (χ1n) is 7.84. The van der Waals surface area contributed by atoms with Crippen LogP contribution >= 0.6 is 0 Å². The summed E-state index contributed by atoms with van der Waals surface area (Å²) in [6.07, 6.45) is 23.0. The topological polar surface area (TPSA) is 0 Å². The van der Waals surface area contributed by atoms with E-state index in [-0.39, 0.29) is 0 Å². The number of hydrogen-bond donors (Lipinski definition) is 0. The lowest BCUT2D eigenvalue weighted by molar-refractivity contribution is 1.47. The predicted octanol–water partition coefficient (Wildman–Crippen LogP) is 7.14. The van der Waals surface area contributed by atoms with Gasteiger partial charge in [0, 0.05) is 0 Å². The van der Waals surface area contributed by atoms with Crippen molar-refractivity contribution in [1.82, 2.24) is 0 Å². The molecule has 0 heteroatoms. The summed E-state index contributed by atoms with van der Waals surface area (Å²) >= 11 is 0. The van der Waals surface area contributed by atoms with Crippen LogP contribution in [0, 0.1) is 0 Å². The first kappa shape index (κ1) is 21.1. The monoisotopic (exact) mass is 316 g/mol. The van der Waals surface area contributed by atoms with E-state index in [0.717, 1.165) is 22.3 Å². The van der Waals surface area contributed by atoms with Crippen molar-refractivity contribution in [3.05, 3.63) is 134 Å². The van der Waals surface area contributed by atoms with Crippen molar-refractivity contribution in [3.8, 4) is 0 Å². The molecule has 0 rings (SSSR count). The fraction of sp³-hybridized carbons (Fsp3) is 0.0833. The van der Waals surface area contributed by atoms with Crippen LogP contribution < -0.4 is 0 Å². The normalized spacial score (nSPS) is 14.5. The molecule has 0 aromatic carbocycles. The summed E-state index contributed by atoms with van der Waals surface area (Å²) < 4.78 is 0. The highest BCUT2D eigenvalue weighted by molar-refractivity contribution is 5.53. The molecule has 0 saturated carbocycles. The minimum absolute atomic E-state index is 0.965. The van der Waals surface area contributed by atoms with E-state index in [2.05, 4.69) is 52.0 Å². The standard InChI is InChI=1S/C24H28/c1-8-14-20(7)16-17-22(11-4)24(13-6)19-18-23(12-5)21(10-3)15-9-2/h8-19H,2-6H2,1,7H3/b14-8-,20-16-,21-15+,22-17+,23-18+,24-19+. The van der Waals surface area contributed by atoms with E-state index < -0.39 is 0 Å². The molecule has 0 aromatic heterocycles. The summed E-state index contributed by atoms with van der Waals surface area (Å²) in [6, 6.07) is 0. The van der Waals surface area contributed by atoms with Crippen molar-refractivity contribution in [3.63, 3.8) is 0 Å². The van der Waals surface area contributed by atoms with Gasteiger partial charge in [0.2, 0.25) is 0 Å². The lowest BCUT2D eigenvalue weighted by atomic mass is 10.0. The van der Waals surface area contributed by atoms with Crippen LogP contribution in [0.1, 0.15) is 13.8 Å². The van der Waals surface area contributed by atoms with E-state index in [1.54, 1.807) is 18.2 Å². The van der Waals surface area contributed by atoms with Crippen LogP contribution in [-0.4, -0.2) is 0 Å². The van der Waals surface area contributed by atoms with E-state index in [1.165, 1.54) is 5.57 Å². The van der Waals surface area contributed by atoms with Gasteiger partial charge in [0.1, 0.15) is 0 Å². The van der Waals surface area contributed by atoms with Gasteiger partial charge in [0.25, 0.3) is 0 Å². The van der Waals surface area contributed by atoms with Gasteiger partial charge in [-0.3, -0.25) is 0 Å². The van der Waals surface area contributed by atoms with Crippen LogP contribution in [0.5, 0.6) is 0 Å². The van der Waals surface area contributed by atoms with Crippen LogP contribution in [0.15, 0.2) is 134 Å². The first-order valence-corrected chi connectivity index (χ1v) is 7.84. The molecule has 0 spiro atoms. The smallest absolute Gasteiger partial charge is 0.0190 e. The fourth-order valence-corrected chi connectivity index (χ4v) is 1.97. The maximum atomic E-state index is 3.90. The number of hydrogen-bond acceptors (Lipinski definition) is 0. The predicted molar refractivity (Wildman–Crippen MR) is 112 cm³/mol. The summed E-state index contributed by atoms with van der Waals surface area (Å²) in [5.74, 6) is 0. The highest BCUT2D eigenvalue weighted by atomic mass is 14.0. The van der Waals surface area contributed by atoms with Gasteiger partial charge in [-0.2, -0.15) is 0 Å². The maximum absolute atomic E-state index is 3.90. The summed E-state index contributed by atoms with van der Waals surface area (Å²) in [7, 11) is 0. The molecule has 0 aliphatic carbocycles. The molecule has 0 nitrogen and oxygen atoms in total. The molecular formula is C24H28. The highest BCUT2D eigenvalue weighted by Gasteiger charge is 1.98. The second kappa shape index (κ2) is 12.7. The van der Waals surface area contributed by atoms with Gasteiger partial charge in [0.05, 0.1) is 0 Å². The minimum Gasteiger partial charge on any atom is -0.0990 e. The first-order chi connectivity index (χ1) is 11.6. The molecule has 0 N–H and O–H groups in total. The van der Waals surface area contributed by atoms with Gasteiger partial charge in [-0.25, -0.2) is 0 Å². The molecule has 0 fully saturated rings. The Hall–Kier alpha value is -2.86. The molecule has 0 amide bonds. The van der Waals surface area contributed by atoms with Crippen molar-refractivity contribution in [1.29, 1.82) is 0 Å². The fourth-order valence-electron chi connectivity index (χ4n) is 1.97. The quantitative estimate of drug-likeness (QED) is 0.375. The number of rotatable bonds is 10. The largest absolute Gasteiger partial charge is 0.0990 e. The Kier molecular flexibility index (Phi) is 11.2.